The van der Waals surface area contributed by atoms with Gasteiger partial charge in [-0.3, -0.25) is 4.90 Å². The lowest BCUT2D eigenvalue weighted by molar-refractivity contribution is 0.0374. The molecule has 0 atom stereocenters. The van der Waals surface area contributed by atoms with Crippen molar-refractivity contribution in [1.29, 1.82) is 0 Å². The molecule has 0 aromatic heterocycles. The van der Waals surface area contributed by atoms with Gasteiger partial charge in [0.1, 0.15) is 5.75 Å². The molecule has 3 nitrogen and oxygen atoms in total. The van der Waals surface area contributed by atoms with Crippen molar-refractivity contribution in [1.82, 2.24) is 4.90 Å². The summed E-state index contributed by atoms with van der Waals surface area (Å²) in [5.74, 6) is 0.344. The van der Waals surface area contributed by atoms with Crippen LogP contribution in [0.4, 0.5) is 0 Å². The number of hydrogen-bond donors (Lipinski definition) is 1. The zero-order chi connectivity index (χ0) is 11.2. The second kappa shape index (κ2) is 5.87. The van der Waals surface area contributed by atoms with E-state index in [0.717, 1.165) is 39.3 Å². The number of ether oxygens (including phenoxy) is 1. The molecule has 88 valence electrons. The van der Waals surface area contributed by atoms with E-state index in [-0.39, 0.29) is 0 Å². The first kappa shape index (κ1) is 11.4. The molecule has 1 aromatic rings. The van der Waals surface area contributed by atoms with E-state index in [4.69, 9.17) is 9.84 Å². The van der Waals surface area contributed by atoms with Crippen LogP contribution in [-0.4, -0.2) is 42.9 Å². The molecule has 1 aliphatic rings. The minimum atomic E-state index is 0.344. The highest BCUT2D eigenvalue weighted by Gasteiger charge is 2.09. The number of phenolic OH excluding ortho intramolecular Hbond substituents is 1. The van der Waals surface area contributed by atoms with E-state index >= 15 is 0 Å². The Morgan fingerprint density at radius 3 is 2.50 bits per heavy atom. The Morgan fingerprint density at radius 1 is 1.12 bits per heavy atom. The zero-order valence-corrected chi connectivity index (χ0v) is 9.56. The van der Waals surface area contributed by atoms with Gasteiger partial charge in [0.15, 0.2) is 0 Å². The average molecular weight is 221 g/mol. The van der Waals surface area contributed by atoms with Gasteiger partial charge in [-0.15, -0.1) is 0 Å². The van der Waals surface area contributed by atoms with E-state index in [9.17, 15) is 0 Å². The summed E-state index contributed by atoms with van der Waals surface area (Å²) in [6.45, 7) is 5.02. The predicted octanol–water partition coefficient (Wildman–Crippen LogP) is 1.66. The summed E-state index contributed by atoms with van der Waals surface area (Å²) in [7, 11) is 0. The van der Waals surface area contributed by atoms with Crippen LogP contribution in [0, 0.1) is 0 Å². The molecule has 0 spiro atoms. The Morgan fingerprint density at radius 2 is 1.81 bits per heavy atom. The lowest BCUT2D eigenvalue weighted by Crippen LogP contribution is -2.36. The van der Waals surface area contributed by atoms with E-state index in [1.807, 2.05) is 12.1 Å². The summed E-state index contributed by atoms with van der Waals surface area (Å²) in [4.78, 5) is 2.45. The van der Waals surface area contributed by atoms with Crippen molar-refractivity contribution in [3.05, 3.63) is 29.8 Å². The molecule has 0 unspecified atom stereocenters. The summed E-state index contributed by atoms with van der Waals surface area (Å²) < 4.78 is 5.31. The maximum absolute atomic E-state index is 9.16. The van der Waals surface area contributed by atoms with Crippen molar-refractivity contribution in [2.45, 2.75) is 12.8 Å². The third-order valence-corrected chi connectivity index (χ3v) is 2.98. The maximum Gasteiger partial charge on any atom is 0.115 e. The van der Waals surface area contributed by atoms with Crippen LogP contribution < -0.4 is 0 Å². The van der Waals surface area contributed by atoms with Gasteiger partial charge in [0.2, 0.25) is 0 Å². The van der Waals surface area contributed by atoms with Crippen molar-refractivity contribution in [3.8, 4) is 5.75 Å². The summed E-state index contributed by atoms with van der Waals surface area (Å²) in [5.41, 5.74) is 1.30. The Hall–Kier alpha value is -1.06. The molecule has 1 aromatic carbocycles. The molecule has 1 heterocycles. The Bertz CT molecular complexity index is 304. The van der Waals surface area contributed by atoms with Gasteiger partial charge >= 0.3 is 0 Å². The molecule has 0 bridgehead atoms. The number of aryl methyl sites for hydroxylation is 1. The van der Waals surface area contributed by atoms with Crippen LogP contribution in [0.3, 0.4) is 0 Å². The number of morpholine rings is 1. The molecule has 0 amide bonds. The van der Waals surface area contributed by atoms with Gasteiger partial charge in [-0.1, -0.05) is 12.1 Å². The molecule has 0 saturated carbocycles. The van der Waals surface area contributed by atoms with Gasteiger partial charge < -0.3 is 9.84 Å². The molecular formula is C13H19NO2. The lowest BCUT2D eigenvalue weighted by atomic mass is 10.1. The summed E-state index contributed by atoms with van der Waals surface area (Å²) >= 11 is 0. The second-order valence-electron chi connectivity index (χ2n) is 4.22. The van der Waals surface area contributed by atoms with Crippen LogP contribution in [0.2, 0.25) is 0 Å². The highest BCUT2D eigenvalue weighted by atomic mass is 16.5. The van der Waals surface area contributed by atoms with Crippen molar-refractivity contribution < 1.29 is 9.84 Å². The number of aromatic hydroxyl groups is 1. The summed E-state index contributed by atoms with van der Waals surface area (Å²) in [5, 5.41) is 9.16. The van der Waals surface area contributed by atoms with E-state index < -0.39 is 0 Å². The molecule has 1 N–H and O–H groups in total. The number of nitrogens with zero attached hydrogens (tertiary/aromatic N) is 1. The minimum Gasteiger partial charge on any atom is -0.508 e. The lowest BCUT2D eigenvalue weighted by Gasteiger charge is -2.26. The first-order chi connectivity index (χ1) is 7.84. The fourth-order valence-electron chi connectivity index (χ4n) is 1.99. The first-order valence-electron chi connectivity index (χ1n) is 5.92. The van der Waals surface area contributed by atoms with Crippen molar-refractivity contribution in [3.63, 3.8) is 0 Å². The smallest absolute Gasteiger partial charge is 0.115 e. The van der Waals surface area contributed by atoms with E-state index in [1.165, 1.54) is 12.0 Å². The monoisotopic (exact) mass is 221 g/mol. The van der Waals surface area contributed by atoms with Crippen LogP contribution in [0.5, 0.6) is 5.75 Å². The zero-order valence-electron chi connectivity index (χ0n) is 9.56. The quantitative estimate of drug-likeness (QED) is 0.839. The van der Waals surface area contributed by atoms with Crippen LogP contribution in [0.15, 0.2) is 24.3 Å². The van der Waals surface area contributed by atoms with E-state index in [1.54, 1.807) is 12.1 Å². The SMILES string of the molecule is Oc1ccc(CCCN2CCOCC2)cc1. The van der Waals surface area contributed by atoms with E-state index in [0.29, 0.717) is 5.75 Å². The van der Waals surface area contributed by atoms with Gasteiger partial charge in [-0.25, -0.2) is 0 Å². The second-order valence-corrected chi connectivity index (χ2v) is 4.22. The normalized spacial score (nSPS) is 17.5. The predicted molar refractivity (Wildman–Crippen MR) is 63.7 cm³/mol. The fraction of sp³-hybridized carbons (Fsp3) is 0.538. The standard InChI is InChI=1S/C13H19NO2/c15-13-5-3-12(4-6-13)2-1-7-14-8-10-16-11-9-14/h3-6,15H,1-2,7-11H2. The van der Waals surface area contributed by atoms with Crippen LogP contribution in [0.1, 0.15) is 12.0 Å². The highest BCUT2D eigenvalue weighted by Crippen LogP contribution is 2.11. The number of hydrogen-bond acceptors (Lipinski definition) is 3. The summed E-state index contributed by atoms with van der Waals surface area (Å²) in [6.07, 6.45) is 2.25. The number of rotatable bonds is 4. The fourth-order valence-corrected chi connectivity index (χ4v) is 1.99. The molecule has 0 aliphatic carbocycles. The first-order valence-corrected chi connectivity index (χ1v) is 5.92. The number of benzene rings is 1. The molecule has 1 fully saturated rings. The van der Waals surface area contributed by atoms with Gasteiger partial charge in [-0.2, -0.15) is 0 Å². The van der Waals surface area contributed by atoms with Gasteiger partial charge in [0.25, 0.3) is 0 Å². The van der Waals surface area contributed by atoms with Crippen LogP contribution >= 0.6 is 0 Å². The number of phenols is 1. The molecule has 16 heavy (non-hydrogen) atoms. The van der Waals surface area contributed by atoms with Crippen molar-refractivity contribution >= 4 is 0 Å². The third kappa shape index (κ3) is 3.51. The average Bonchev–Trinajstić information content (AvgIpc) is 2.33. The van der Waals surface area contributed by atoms with Gasteiger partial charge in [0, 0.05) is 13.1 Å². The molecule has 1 aliphatic heterocycles. The molecule has 0 radical (unpaired) electrons. The van der Waals surface area contributed by atoms with E-state index in [2.05, 4.69) is 4.90 Å². The highest BCUT2D eigenvalue weighted by molar-refractivity contribution is 5.25. The van der Waals surface area contributed by atoms with Crippen molar-refractivity contribution in [2.75, 3.05) is 32.8 Å². The Labute approximate surface area is 96.6 Å². The van der Waals surface area contributed by atoms with Crippen LogP contribution in [0.25, 0.3) is 0 Å². The molecule has 1 saturated heterocycles. The molecule has 2 rings (SSSR count). The van der Waals surface area contributed by atoms with Gasteiger partial charge in [0.05, 0.1) is 13.2 Å². The maximum atomic E-state index is 9.16. The van der Waals surface area contributed by atoms with Crippen LogP contribution in [-0.2, 0) is 11.2 Å². The minimum absolute atomic E-state index is 0.344. The topological polar surface area (TPSA) is 32.7 Å². The third-order valence-electron chi connectivity index (χ3n) is 2.98. The van der Waals surface area contributed by atoms with Crippen molar-refractivity contribution in [2.24, 2.45) is 0 Å². The largest absolute Gasteiger partial charge is 0.508 e. The van der Waals surface area contributed by atoms with Gasteiger partial charge in [-0.05, 0) is 37.1 Å². The molecule has 3 heteroatoms. The Kier molecular flexibility index (Phi) is 4.19. The molecular weight excluding hydrogens is 202 g/mol. The summed E-state index contributed by atoms with van der Waals surface area (Å²) in [6, 6.07) is 7.50. The Balaban J connectivity index is 1.69.